The summed E-state index contributed by atoms with van der Waals surface area (Å²) in [7, 11) is 0. The summed E-state index contributed by atoms with van der Waals surface area (Å²) in [5.74, 6) is 0. The van der Waals surface area contributed by atoms with Crippen molar-refractivity contribution in [1.29, 1.82) is 31.6 Å². The lowest BCUT2D eigenvalue weighted by atomic mass is 9.95. The number of nitrogens with zero attached hydrogens (tertiary/aromatic N) is 11. The normalized spacial score (nSPS) is 14.4. The lowest BCUT2D eigenvalue weighted by molar-refractivity contribution is 1.26. The van der Waals surface area contributed by atoms with Crippen LogP contribution in [0.25, 0.3) is 31.4 Å². The van der Waals surface area contributed by atoms with Crippen LogP contribution in [0.1, 0.15) is 38.9 Å². The van der Waals surface area contributed by atoms with E-state index in [1.807, 2.05) is 36.4 Å². The molecule has 0 radical (unpaired) electrons. The van der Waals surface area contributed by atoms with Crippen LogP contribution in [0.2, 0.25) is 0 Å². The van der Waals surface area contributed by atoms with Gasteiger partial charge in [0.15, 0.2) is 11.4 Å². The fourth-order valence-electron chi connectivity index (χ4n) is 4.39. The van der Waals surface area contributed by atoms with Crippen molar-refractivity contribution in [3.63, 3.8) is 0 Å². The fraction of sp³-hybridized carbons (Fsp3) is 0. The molecule has 3 aromatic rings. The van der Waals surface area contributed by atoms with Crippen LogP contribution in [0.5, 0.6) is 0 Å². The fourth-order valence-corrected chi connectivity index (χ4v) is 4.39. The van der Waals surface area contributed by atoms with E-state index in [-0.39, 0.29) is 83.9 Å². The van der Waals surface area contributed by atoms with Gasteiger partial charge in [-0.3, -0.25) is 9.97 Å². The predicted octanol–water partition coefficient (Wildman–Crippen LogP) is 5.66. The molecule has 4 rings (SSSR count). The van der Waals surface area contributed by atoms with E-state index in [0.29, 0.717) is 0 Å². The van der Waals surface area contributed by atoms with Gasteiger partial charge < -0.3 is 0 Å². The molecule has 0 unspecified atom stereocenters. The average Bonchev–Trinajstić information content (AvgIpc) is 3.75. The van der Waals surface area contributed by atoms with Gasteiger partial charge in [0.25, 0.3) is 0 Å². The van der Waals surface area contributed by atoms with E-state index in [1.54, 1.807) is 0 Å². The summed E-state index contributed by atoms with van der Waals surface area (Å²) in [5.41, 5.74) is -1.61. The number of hydrogen-bond donors (Lipinski definition) is 0. The summed E-state index contributed by atoms with van der Waals surface area (Å²) >= 11 is 0. The van der Waals surface area contributed by atoms with Crippen LogP contribution in [0.3, 0.4) is 0 Å². The van der Waals surface area contributed by atoms with E-state index in [0.717, 1.165) is 24.8 Å². The topological polar surface area (TPSA) is 182 Å². The van der Waals surface area contributed by atoms with Gasteiger partial charge in [0.1, 0.15) is 18.2 Å². The molecule has 1 saturated carbocycles. The SMILES string of the molecule is [C-]#[N+]/C(=C1/C(=C(\C#N)c2c(C#N)cccc2[N+]#[C-])/C1=C(\C#N)c1c(C#N)cncc1C#N)c1c(C#N)cncc1[N+]#[C-]. The first-order valence-corrected chi connectivity index (χ1v) is 11.4. The minimum Gasteiger partial charge on any atom is -0.275 e. The van der Waals surface area contributed by atoms with Gasteiger partial charge in [-0.15, -0.1) is 0 Å². The van der Waals surface area contributed by atoms with E-state index in [4.69, 9.17) is 19.7 Å². The lowest BCUT2D eigenvalue weighted by Gasteiger charge is -2.05. The Balaban J connectivity index is 2.34. The van der Waals surface area contributed by atoms with Crippen LogP contribution < -0.4 is 0 Å². The smallest absolute Gasteiger partial charge is 0.203 e. The molecule has 1 aliphatic rings. The van der Waals surface area contributed by atoms with Crippen molar-refractivity contribution in [2.45, 2.75) is 0 Å². The van der Waals surface area contributed by atoms with Gasteiger partial charge >= 0.3 is 0 Å². The minimum atomic E-state index is -0.268. The molecular weight excluding hydrogens is 526 g/mol. The number of benzene rings is 1. The predicted molar refractivity (Wildman–Crippen MR) is 145 cm³/mol. The molecule has 0 aliphatic heterocycles. The molecule has 0 saturated heterocycles. The van der Waals surface area contributed by atoms with E-state index in [1.165, 1.54) is 18.2 Å². The molecule has 1 aromatic carbocycles. The van der Waals surface area contributed by atoms with Crippen LogP contribution in [-0.4, -0.2) is 9.97 Å². The largest absolute Gasteiger partial charge is 0.275 e. The van der Waals surface area contributed by atoms with Crippen molar-refractivity contribution in [3.05, 3.63) is 133 Å². The van der Waals surface area contributed by atoms with Crippen molar-refractivity contribution < 1.29 is 0 Å². The second-order valence-corrected chi connectivity index (χ2v) is 8.12. The van der Waals surface area contributed by atoms with Crippen molar-refractivity contribution in [2.24, 2.45) is 0 Å². The maximum atomic E-state index is 10.4. The summed E-state index contributed by atoms with van der Waals surface area (Å²) in [4.78, 5) is 18.1. The van der Waals surface area contributed by atoms with Gasteiger partial charge in [-0.25, -0.2) is 14.5 Å². The van der Waals surface area contributed by atoms with Gasteiger partial charge in [-0.1, -0.05) is 12.1 Å². The highest BCUT2D eigenvalue weighted by Gasteiger charge is 2.43. The van der Waals surface area contributed by atoms with Crippen LogP contribution >= 0.6 is 0 Å². The van der Waals surface area contributed by atoms with E-state index < -0.39 is 0 Å². The molecule has 1 fully saturated rings. The Morgan fingerprint density at radius 2 is 1.07 bits per heavy atom. The summed E-state index contributed by atoms with van der Waals surface area (Å²) in [5, 5.41) is 59.8. The molecule has 186 valence electrons. The van der Waals surface area contributed by atoms with Crippen molar-refractivity contribution >= 4 is 28.2 Å². The van der Waals surface area contributed by atoms with E-state index in [2.05, 4.69) is 24.5 Å². The number of nitriles is 6. The summed E-state index contributed by atoms with van der Waals surface area (Å²) < 4.78 is 0. The van der Waals surface area contributed by atoms with Crippen LogP contribution in [0.15, 0.2) is 59.7 Å². The third kappa shape index (κ3) is 4.20. The van der Waals surface area contributed by atoms with Gasteiger partial charge in [0.2, 0.25) is 5.69 Å². The molecule has 0 spiro atoms. The molecule has 0 amide bonds. The molecule has 2 heterocycles. The Kier molecular flexibility index (Phi) is 7.29. The zero-order chi connectivity index (χ0) is 30.4. The van der Waals surface area contributed by atoms with Gasteiger partial charge in [-0.05, 0) is 22.8 Å². The summed E-state index contributed by atoms with van der Waals surface area (Å²) in [6, 6.07) is 15.8. The Hall–Kier alpha value is -7.85. The van der Waals surface area contributed by atoms with Gasteiger partial charge in [-0.2, -0.15) is 31.6 Å². The first-order valence-electron chi connectivity index (χ1n) is 11.4. The molecule has 0 bridgehead atoms. The highest BCUT2D eigenvalue weighted by Crippen LogP contribution is 2.58. The van der Waals surface area contributed by atoms with Gasteiger partial charge in [0, 0.05) is 41.5 Å². The summed E-state index contributed by atoms with van der Waals surface area (Å²) in [6.07, 6.45) is 4.63. The molecule has 11 heteroatoms. The van der Waals surface area contributed by atoms with Gasteiger partial charge in [0.05, 0.1) is 71.3 Å². The highest BCUT2D eigenvalue weighted by atomic mass is 14.8. The zero-order valence-electron chi connectivity index (χ0n) is 21.0. The van der Waals surface area contributed by atoms with Crippen molar-refractivity contribution in [3.8, 4) is 36.4 Å². The first kappa shape index (κ1) is 27.2. The second kappa shape index (κ2) is 11.3. The zero-order valence-corrected chi connectivity index (χ0v) is 21.0. The van der Waals surface area contributed by atoms with Crippen LogP contribution in [0.4, 0.5) is 11.4 Å². The quantitative estimate of drug-likeness (QED) is 0.305. The Morgan fingerprint density at radius 3 is 1.55 bits per heavy atom. The molecular formula is C31H7N11. The maximum Gasteiger partial charge on any atom is 0.203 e. The third-order valence-corrected chi connectivity index (χ3v) is 6.13. The minimum absolute atomic E-state index is 0.00567. The number of aromatic nitrogens is 2. The molecule has 2 aromatic heterocycles. The van der Waals surface area contributed by atoms with E-state index >= 15 is 0 Å². The monoisotopic (exact) mass is 533 g/mol. The highest BCUT2D eigenvalue weighted by molar-refractivity contribution is 6.13. The summed E-state index contributed by atoms with van der Waals surface area (Å²) in [6.45, 7) is 23.2. The number of rotatable bonds is 3. The Labute approximate surface area is 239 Å². The molecule has 0 N–H and O–H groups in total. The lowest BCUT2D eigenvalue weighted by Crippen LogP contribution is -1.96. The Morgan fingerprint density at radius 1 is 0.571 bits per heavy atom. The standard InChI is InChI=1S/C31H7N11/c1-38-23-6-4-5-17(7-32)26(23)22(12-37)29-28(21(11-36)25-18(8-33)13-41-14-19(25)9-34)30(29)31(40-3)27-20(10-35)15-42-16-24(27)39-2/h4-6,13-16H/b28-21-,29-22+,31-30+. The van der Waals surface area contributed by atoms with Crippen LogP contribution in [-0.2, 0) is 0 Å². The molecule has 1 aliphatic carbocycles. The number of pyridine rings is 2. The maximum absolute atomic E-state index is 10.4. The number of hydrogen-bond acceptors (Lipinski definition) is 8. The van der Waals surface area contributed by atoms with Crippen molar-refractivity contribution in [2.75, 3.05) is 0 Å². The molecule has 42 heavy (non-hydrogen) atoms. The molecule has 0 atom stereocenters. The average molecular weight is 533 g/mol. The van der Waals surface area contributed by atoms with Crippen molar-refractivity contribution in [1.82, 2.24) is 9.97 Å². The van der Waals surface area contributed by atoms with Crippen LogP contribution in [0, 0.1) is 87.7 Å². The first-order chi connectivity index (χ1) is 20.5. The third-order valence-electron chi connectivity index (χ3n) is 6.13. The number of allylic oxidation sites excluding steroid dienone is 5. The van der Waals surface area contributed by atoms with E-state index in [9.17, 15) is 31.6 Å². The Bertz CT molecular complexity index is 1870. The molecule has 11 nitrogen and oxygen atoms in total. The second-order valence-electron chi connectivity index (χ2n) is 8.12.